The van der Waals surface area contributed by atoms with E-state index in [1.165, 1.54) is 7.11 Å². The number of esters is 1. The maximum absolute atomic E-state index is 12.9. The number of aromatic amines is 1. The quantitative estimate of drug-likeness (QED) is 0.836. The Labute approximate surface area is 158 Å². The van der Waals surface area contributed by atoms with Gasteiger partial charge in [0.2, 0.25) is 0 Å². The number of anilines is 1. The lowest BCUT2D eigenvalue weighted by molar-refractivity contribution is 0.0599. The number of amides is 1. The SMILES string of the molecule is COC(=O)c1c(C)[nH]c(C(=O)N2CCN(c3cccc(OC)c3)CC2)c1C. The molecule has 0 saturated carbocycles. The molecule has 7 nitrogen and oxygen atoms in total. The number of aromatic nitrogens is 1. The van der Waals surface area contributed by atoms with Gasteiger partial charge in [-0.25, -0.2) is 4.79 Å². The number of aryl methyl sites for hydroxylation is 1. The Morgan fingerprint density at radius 3 is 2.41 bits per heavy atom. The second-order valence-corrected chi connectivity index (χ2v) is 6.60. The van der Waals surface area contributed by atoms with E-state index in [0.717, 1.165) is 24.5 Å². The van der Waals surface area contributed by atoms with Crippen molar-refractivity contribution >= 4 is 17.6 Å². The van der Waals surface area contributed by atoms with Gasteiger partial charge in [-0.1, -0.05) is 6.07 Å². The van der Waals surface area contributed by atoms with E-state index in [0.29, 0.717) is 35.6 Å². The molecule has 27 heavy (non-hydrogen) atoms. The first kappa shape index (κ1) is 18.8. The molecule has 2 heterocycles. The number of rotatable bonds is 4. The molecule has 3 rings (SSSR count). The van der Waals surface area contributed by atoms with Crippen LogP contribution in [0.4, 0.5) is 5.69 Å². The van der Waals surface area contributed by atoms with Gasteiger partial charge >= 0.3 is 5.97 Å². The second kappa shape index (κ2) is 7.73. The number of hydrogen-bond donors (Lipinski definition) is 1. The molecular formula is C20H25N3O4. The van der Waals surface area contributed by atoms with Crippen molar-refractivity contribution in [2.45, 2.75) is 13.8 Å². The van der Waals surface area contributed by atoms with E-state index >= 15 is 0 Å². The maximum atomic E-state index is 12.9. The normalized spacial score (nSPS) is 14.2. The van der Waals surface area contributed by atoms with E-state index in [1.807, 2.05) is 29.2 Å². The van der Waals surface area contributed by atoms with Crippen LogP contribution < -0.4 is 9.64 Å². The predicted molar refractivity (Wildman–Crippen MR) is 103 cm³/mol. The molecule has 1 aliphatic rings. The number of nitrogens with zero attached hydrogens (tertiary/aromatic N) is 2. The number of H-pyrrole nitrogens is 1. The summed E-state index contributed by atoms with van der Waals surface area (Å²) in [7, 11) is 2.99. The average Bonchev–Trinajstić information content (AvgIpc) is 3.01. The molecule has 1 saturated heterocycles. The topological polar surface area (TPSA) is 74.9 Å². The van der Waals surface area contributed by atoms with Crippen LogP contribution in [0.2, 0.25) is 0 Å². The lowest BCUT2D eigenvalue weighted by atomic mass is 10.1. The van der Waals surface area contributed by atoms with Gasteiger partial charge in [0.1, 0.15) is 11.4 Å². The first-order valence-electron chi connectivity index (χ1n) is 8.92. The summed E-state index contributed by atoms with van der Waals surface area (Å²) in [5.41, 5.74) is 3.28. The number of carbonyl (C=O) groups is 2. The van der Waals surface area contributed by atoms with E-state index in [4.69, 9.17) is 9.47 Å². The van der Waals surface area contributed by atoms with Crippen LogP contribution in [0.5, 0.6) is 5.75 Å². The van der Waals surface area contributed by atoms with Gasteiger partial charge in [0, 0.05) is 43.6 Å². The van der Waals surface area contributed by atoms with Crippen molar-refractivity contribution < 1.29 is 19.1 Å². The van der Waals surface area contributed by atoms with E-state index in [-0.39, 0.29) is 5.91 Å². The third-order valence-electron chi connectivity index (χ3n) is 5.03. The second-order valence-electron chi connectivity index (χ2n) is 6.60. The van der Waals surface area contributed by atoms with Gasteiger partial charge in [-0.2, -0.15) is 0 Å². The smallest absolute Gasteiger partial charge is 0.339 e. The molecule has 0 atom stereocenters. The number of methoxy groups -OCH3 is 2. The predicted octanol–water partition coefficient (Wildman–Crippen LogP) is 2.39. The van der Waals surface area contributed by atoms with Crippen LogP contribution >= 0.6 is 0 Å². The van der Waals surface area contributed by atoms with Crippen LogP contribution in [-0.2, 0) is 4.74 Å². The highest BCUT2D eigenvalue weighted by Crippen LogP contribution is 2.24. The fourth-order valence-corrected chi connectivity index (χ4v) is 3.51. The Kier molecular flexibility index (Phi) is 5.39. The molecule has 7 heteroatoms. The van der Waals surface area contributed by atoms with Crippen molar-refractivity contribution in [3.8, 4) is 5.75 Å². The minimum absolute atomic E-state index is 0.0870. The number of ether oxygens (including phenoxy) is 2. The third-order valence-corrected chi connectivity index (χ3v) is 5.03. The Balaban J connectivity index is 1.71. The fraction of sp³-hybridized carbons (Fsp3) is 0.400. The number of carbonyl (C=O) groups excluding carboxylic acids is 2. The highest BCUT2D eigenvalue weighted by atomic mass is 16.5. The monoisotopic (exact) mass is 371 g/mol. The first-order valence-corrected chi connectivity index (χ1v) is 8.92. The van der Waals surface area contributed by atoms with Gasteiger partial charge in [0.25, 0.3) is 5.91 Å². The van der Waals surface area contributed by atoms with Crippen molar-refractivity contribution in [2.24, 2.45) is 0 Å². The van der Waals surface area contributed by atoms with Crippen LogP contribution in [0.3, 0.4) is 0 Å². The summed E-state index contributed by atoms with van der Waals surface area (Å²) >= 11 is 0. The summed E-state index contributed by atoms with van der Waals surface area (Å²) in [5.74, 6) is 0.304. The molecular weight excluding hydrogens is 346 g/mol. The number of nitrogens with one attached hydrogen (secondary N) is 1. The first-order chi connectivity index (χ1) is 13.0. The van der Waals surface area contributed by atoms with Crippen molar-refractivity contribution in [1.29, 1.82) is 0 Å². The van der Waals surface area contributed by atoms with Crippen LogP contribution in [0.1, 0.15) is 32.1 Å². The van der Waals surface area contributed by atoms with E-state index < -0.39 is 5.97 Å². The molecule has 1 aromatic carbocycles. The Hall–Kier alpha value is -2.96. The van der Waals surface area contributed by atoms with Gasteiger partial charge < -0.3 is 24.3 Å². The molecule has 0 aliphatic carbocycles. The lowest BCUT2D eigenvalue weighted by Gasteiger charge is -2.36. The molecule has 0 unspecified atom stereocenters. The summed E-state index contributed by atoms with van der Waals surface area (Å²) < 4.78 is 10.1. The minimum Gasteiger partial charge on any atom is -0.497 e. The zero-order valence-corrected chi connectivity index (χ0v) is 16.2. The molecule has 0 spiro atoms. The van der Waals surface area contributed by atoms with Gasteiger partial charge in [-0.3, -0.25) is 4.79 Å². The molecule has 1 amide bonds. The highest BCUT2D eigenvalue weighted by Gasteiger charge is 2.28. The molecule has 1 aliphatic heterocycles. The average molecular weight is 371 g/mol. The zero-order valence-electron chi connectivity index (χ0n) is 16.2. The van der Waals surface area contributed by atoms with Crippen LogP contribution in [-0.4, -0.2) is 62.2 Å². The molecule has 1 aromatic heterocycles. The standard InChI is InChI=1S/C20H25N3O4/c1-13-17(20(25)27-4)14(2)21-18(13)19(24)23-10-8-22(9-11-23)15-6-5-7-16(12-15)26-3/h5-7,12,21H,8-11H2,1-4H3. The van der Waals surface area contributed by atoms with Crippen molar-refractivity contribution in [2.75, 3.05) is 45.3 Å². The molecule has 0 bridgehead atoms. The van der Waals surface area contributed by atoms with Gasteiger partial charge in [-0.05, 0) is 31.5 Å². The van der Waals surface area contributed by atoms with Crippen molar-refractivity contribution in [3.05, 3.63) is 46.8 Å². The Morgan fingerprint density at radius 2 is 1.78 bits per heavy atom. The fourth-order valence-electron chi connectivity index (χ4n) is 3.51. The summed E-state index contributed by atoms with van der Waals surface area (Å²) in [4.78, 5) is 32.0. The summed E-state index contributed by atoms with van der Waals surface area (Å²) in [6, 6.07) is 7.92. The Bertz CT molecular complexity index is 851. The van der Waals surface area contributed by atoms with E-state index in [9.17, 15) is 9.59 Å². The molecule has 1 fully saturated rings. The molecule has 0 radical (unpaired) electrons. The van der Waals surface area contributed by atoms with Gasteiger partial charge in [0.05, 0.1) is 19.8 Å². The minimum atomic E-state index is -0.428. The van der Waals surface area contributed by atoms with Gasteiger partial charge in [0.15, 0.2) is 0 Å². The van der Waals surface area contributed by atoms with Crippen LogP contribution in [0, 0.1) is 13.8 Å². The zero-order chi connectivity index (χ0) is 19.6. The highest BCUT2D eigenvalue weighted by molar-refractivity contribution is 6.00. The largest absolute Gasteiger partial charge is 0.497 e. The van der Waals surface area contributed by atoms with Crippen molar-refractivity contribution in [3.63, 3.8) is 0 Å². The molecule has 2 aromatic rings. The third kappa shape index (κ3) is 3.63. The summed E-state index contributed by atoms with van der Waals surface area (Å²) in [6.07, 6.45) is 0. The van der Waals surface area contributed by atoms with E-state index in [1.54, 1.807) is 21.0 Å². The number of hydrogen-bond acceptors (Lipinski definition) is 5. The van der Waals surface area contributed by atoms with Crippen molar-refractivity contribution in [1.82, 2.24) is 9.88 Å². The number of piperazine rings is 1. The summed E-state index contributed by atoms with van der Waals surface area (Å²) in [5, 5.41) is 0. The van der Waals surface area contributed by atoms with Gasteiger partial charge in [-0.15, -0.1) is 0 Å². The molecule has 1 N–H and O–H groups in total. The van der Waals surface area contributed by atoms with Crippen LogP contribution in [0.25, 0.3) is 0 Å². The van der Waals surface area contributed by atoms with E-state index in [2.05, 4.69) is 9.88 Å². The molecule has 144 valence electrons. The van der Waals surface area contributed by atoms with Crippen LogP contribution in [0.15, 0.2) is 24.3 Å². The lowest BCUT2D eigenvalue weighted by Crippen LogP contribution is -2.49. The Morgan fingerprint density at radius 1 is 1.07 bits per heavy atom. The number of benzene rings is 1. The summed E-state index contributed by atoms with van der Waals surface area (Å²) in [6.45, 7) is 6.25. The maximum Gasteiger partial charge on any atom is 0.339 e.